The lowest BCUT2D eigenvalue weighted by atomic mass is 10.2. The van der Waals surface area contributed by atoms with E-state index in [0.29, 0.717) is 18.5 Å². The van der Waals surface area contributed by atoms with Crippen molar-refractivity contribution in [1.82, 2.24) is 19.9 Å². The average Bonchev–Trinajstić information content (AvgIpc) is 2.62. The average molecular weight is 345 g/mol. The molecular formula is C17H14F3N5. The van der Waals surface area contributed by atoms with E-state index in [-0.39, 0.29) is 11.6 Å². The van der Waals surface area contributed by atoms with Crippen LogP contribution in [0.25, 0.3) is 11.4 Å². The Kier molecular flexibility index (Phi) is 4.87. The van der Waals surface area contributed by atoms with Crippen molar-refractivity contribution in [3.63, 3.8) is 0 Å². The second kappa shape index (κ2) is 7.25. The number of anilines is 1. The number of alkyl halides is 3. The summed E-state index contributed by atoms with van der Waals surface area (Å²) in [4.78, 5) is 15.7. The van der Waals surface area contributed by atoms with Gasteiger partial charge in [-0.15, -0.1) is 0 Å². The molecule has 0 saturated carbocycles. The second-order valence-corrected chi connectivity index (χ2v) is 5.24. The van der Waals surface area contributed by atoms with Gasteiger partial charge < -0.3 is 5.32 Å². The molecule has 0 fully saturated rings. The van der Waals surface area contributed by atoms with E-state index < -0.39 is 11.9 Å². The second-order valence-electron chi connectivity index (χ2n) is 5.24. The van der Waals surface area contributed by atoms with Crippen LogP contribution in [0, 0.1) is 0 Å². The van der Waals surface area contributed by atoms with Gasteiger partial charge in [-0.25, -0.2) is 9.97 Å². The lowest BCUT2D eigenvalue weighted by Crippen LogP contribution is -2.13. The van der Waals surface area contributed by atoms with Crippen LogP contribution in [-0.4, -0.2) is 26.5 Å². The molecule has 0 radical (unpaired) electrons. The highest BCUT2D eigenvalue weighted by molar-refractivity contribution is 5.56. The van der Waals surface area contributed by atoms with Crippen LogP contribution in [0.3, 0.4) is 0 Å². The first-order valence-electron chi connectivity index (χ1n) is 7.52. The highest BCUT2D eigenvalue weighted by atomic mass is 19.4. The smallest absolute Gasteiger partial charge is 0.370 e. The number of pyridine rings is 2. The van der Waals surface area contributed by atoms with Crippen LogP contribution >= 0.6 is 0 Å². The quantitative estimate of drug-likeness (QED) is 0.765. The Morgan fingerprint density at radius 1 is 0.960 bits per heavy atom. The molecule has 0 bridgehead atoms. The van der Waals surface area contributed by atoms with Crippen molar-refractivity contribution < 1.29 is 13.2 Å². The van der Waals surface area contributed by atoms with Crippen LogP contribution in [0.5, 0.6) is 0 Å². The molecule has 3 rings (SSSR count). The number of hydrogen-bond acceptors (Lipinski definition) is 5. The molecule has 0 spiro atoms. The summed E-state index contributed by atoms with van der Waals surface area (Å²) in [5, 5.41) is 2.92. The fourth-order valence-corrected chi connectivity index (χ4v) is 2.19. The maximum absolute atomic E-state index is 13.1. The topological polar surface area (TPSA) is 63.6 Å². The van der Waals surface area contributed by atoms with E-state index in [4.69, 9.17) is 0 Å². The molecule has 0 aromatic carbocycles. The molecule has 5 nitrogen and oxygen atoms in total. The van der Waals surface area contributed by atoms with Crippen molar-refractivity contribution >= 4 is 5.82 Å². The van der Waals surface area contributed by atoms with E-state index >= 15 is 0 Å². The number of aromatic nitrogens is 4. The molecule has 8 heteroatoms. The van der Waals surface area contributed by atoms with E-state index in [9.17, 15) is 13.2 Å². The van der Waals surface area contributed by atoms with E-state index in [1.54, 1.807) is 24.5 Å². The molecule has 3 aromatic rings. The SMILES string of the molecule is FC(F)(F)c1cc(NCCc2cccnc2)nc(-c2cccnc2)n1. The zero-order valence-corrected chi connectivity index (χ0v) is 13.0. The molecule has 3 heterocycles. The molecule has 0 saturated heterocycles. The van der Waals surface area contributed by atoms with Crippen molar-refractivity contribution in [2.24, 2.45) is 0 Å². The lowest BCUT2D eigenvalue weighted by molar-refractivity contribution is -0.141. The third-order valence-corrected chi connectivity index (χ3v) is 3.38. The Balaban J connectivity index is 1.82. The standard InChI is InChI=1S/C17H14F3N5/c18-17(19,20)14-9-15(23-8-5-12-3-1-6-21-10-12)25-16(24-14)13-4-2-7-22-11-13/h1-4,6-7,9-11H,5,8H2,(H,23,24,25). The number of hydrogen-bond donors (Lipinski definition) is 1. The molecule has 1 N–H and O–H groups in total. The molecule has 3 aromatic heterocycles. The van der Waals surface area contributed by atoms with Gasteiger partial charge in [-0.1, -0.05) is 6.07 Å². The van der Waals surface area contributed by atoms with Gasteiger partial charge in [-0.05, 0) is 30.2 Å². The van der Waals surface area contributed by atoms with E-state index in [2.05, 4.69) is 25.3 Å². The molecule has 25 heavy (non-hydrogen) atoms. The summed E-state index contributed by atoms with van der Waals surface area (Å²) in [6.45, 7) is 0.423. The Bertz CT molecular complexity index is 823. The molecule has 0 aliphatic rings. The van der Waals surface area contributed by atoms with Crippen LogP contribution in [0.2, 0.25) is 0 Å². The van der Waals surface area contributed by atoms with Gasteiger partial charge in [-0.3, -0.25) is 9.97 Å². The first-order valence-corrected chi connectivity index (χ1v) is 7.52. The minimum atomic E-state index is -4.56. The van der Waals surface area contributed by atoms with E-state index in [1.165, 1.54) is 12.4 Å². The maximum Gasteiger partial charge on any atom is 0.433 e. The van der Waals surface area contributed by atoms with Gasteiger partial charge in [-0.2, -0.15) is 13.2 Å². The monoisotopic (exact) mass is 345 g/mol. The summed E-state index contributed by atoms with van der Waals surface area (Å²) in [5.74, 6) is 0.0943. The van der Waals surface area contributed by atoms with Crippen LogP contribution in [0.15, 0.2) is 55.1 Å². The molecule has 0 unspecified atom stereocenters. The van der Waals surface area contributed by atoms with Crippen molar-refractivity contribution in [3.8, 4) is 11.4 Å². The Morgan fingerprint density at radius 2 is 1.72 bits per heavy atom. The summed E-state index contributed by atoms with van der Waals surface area (Å²) in [7, 11) is 0. The number of nitrogens with zero attached hydrogens (tertiary/aromatic N) is 4. The molecule has 0 aliphatic carbocycles. The highest BCUT2D eigenvalue weighted by Crippen LogP contribution is 2.30. The molecular weight excluding hydrogens is 331 g/mol. The van der Waals surface area contributed by atoms with Gasteiger partial charge >= 0.3 is 6.18 Å². The number of nitrogens with one attached hydrogen (secondary N) is 1. The summed E-state index contributed by atoms with van der Waals surface area (Å²) in [6.07, 6.45) is 2.39. The van der Waals surface area contributed by atoms with Crippen LogP contribution < -0.4 is 5.32 Å². The van der Waals surface area contributed by atoms with Crippen molar-refractivity contribution in [2.75, 3.05) is 11.9 Å². The van der Waals surface area contributed by atoms with Crippen molar-refractivity contribution in [2.45, 2.75) is 12.6 Å². The third-order valence-electron chi connectivity index (χ3n) is 3.38. The number of halogens is 3. The van der Waals surface area contributed by atoms with Gasteiger partial charge in [0, 0.05) is 43.0 Å². The van der Waals surface area contributed by atoms with Gasteiger partial charge in [0.05, 0.1) is 0 Å². The van der Waals surface area contributed by atoms with Gasteiger partial charge in [0.1, 0.15) is 5.82 Å². The fourth-order valence-electron chi connectivity index (χ4n) is 2.19. The third kappa shape index (κ3) is 4.50. The summed E-state index contributed by atoms with van der Waals surface area (Å²) in [5.41, 5.74) is 0.404. The predicted molar refractivity (Wildman–Crippen MR) is 86.7 cm³/mol. The van der Waals surface area contributed by atoms with Crippen LogP contribution in [0.1, 0.15) is 11.3 Å². The molecule has 0 atom stereocenters. The highest BCUT2D eigenvalue weighted by Gasteiger charge is 2.33. The summed E-state index contributed by atoms with van der Waals surface area (Å²) < 4.78 is 39.3. The fraction of sp³-hybridized carbons (Fsp3) is 0.176. The largest absolute Gasteiger partial charge is 0.433 e. The van der Waals surface area contributed by atoms with Gasteiger partial charge in [0.25, 0.3) is 0 Å². The van der Waals surface area contributed by atoms with Crippen LogP contribution in [-0.2, 0) is 12.6 Å². The summed E-state index contributed by atoms with van der Waals surface area (Å²) >= 11 is 0. The normalized spacial score (nSPS) is 11.3. The Hall–Kier alpha value is -3.03. The van der Waals surface area contributed by atoms with Gasteiger partial charge in [0.15, 0.2) is 11.5 Å². The Morgan fingerprint density at radius 3 is 2.36 bits per heavy atom. The zero-order chi connectivity index (χ0) is 17.7. The van der Waals surface area contributed by atoms with Gasteiger partial charge in [0.2, 0.25) is 0 Å². The molecule has 128 valence electrons. The van der Waals surface area contributed by atoms with Crippen molar-refractivity contribution in [3.05, 3.63) is 66.4 Å². The minimum Gasteiger partial charge on any atom is -0.370 e. The Labute approximate surface area is 142 Å². The van der Waals surface area contributed by atoms with E-state index in [0.717, 1.165) is 11.6 Å². The summed E-state index contributed by atoms with van der Waals surface area (Å²) in [6, 6.07) is 7.85. The lowest BCUT2D eigenvalue weighted by Gasteiger charge is -2.12. The predicted octanol–water partition coefficient (Wildman–Crippen LogP) is 3.61. The zero-order valence-electron chi connectivity index (χ0n) is 13.0. The van der Waals surface area contributed by atoms with E-state index in [1.807, 2.05) is 12.1 Å². The van der Waals surface area contributed by atoms with Crippen molar-refractivity contribution in [1.29, 1.82) is 0 Å². The maximum atomic E-state index is 13.1. The molecule has 0 amide bonds. The molecule has 0 aliphatic heterocycles. The van der Waals surface area contributed by atoms with Crippen LogP contribution in [0.4, 0.5) is 19.0 Å². The first kappa shape index (κ1) is 16.8. The first-order chi connectivity index (χ1) is 12.0. The minimum absolute atomic E-state index is 0.0215. The number of rotatable bonds is 5.